The number of carbonyl (C=O) groups is 1. The van der Waals surface area contributed by atoms with E-state index in [1.54, 1.807) is 0 Å². The molecule has 1 unspecified atom stereocenters. The summed E-state index contributed by atoms with van der Waals surface area (Å²) in [7, 11) is 0. The third kappa shape index (κ3) is 5.33. The maximum Gasteiger partial charge on any atom is 0.236 e. The van der Waals surface area contributed by atoms with Crippen molar-refractivity contribution >= 4 is 5.91 Å². The first kappa shape index (κ1) is 16.7. The highest BCUT2D eigenvalue weighted by Gasteiger charge is 2.16. The van der Waals surface area contributed by atoms with Crippen molar-refractivity contribution in [2.45, 2.75) is 53.1 Å². The third-order valence-corrected chi connectivity index (χ3v) is 3.57. The Kier molecular flexibility index (Phi) is 6.73. The van der Waals surface area contributed by atoms with E-state index in [4.69, 9.17) is 0 Å². The third-order valence-electron chi connectivity index (χ3n) is 3.57. The van der Waals surface area contributed by atoms with Gasteiger partial charge in [0.1, 0.15) is 0 Å². The van der Waals surface area contributed by atoms with Gasteiger partial charge in [-0.1, -0.05) is 38.1 Å². The van der Waals surface area contributed by atoms with Gasteiger partial charge in [-0.15, -0.1) is 0 Å². The van der Waals surface area contributed by atoms with Crippen molar-refractivity contribution in [1.82, 2.24) is 10.6 Å². The van der Waals surface area contributed by atoms with Gasteiger partial charge in [0.2, 0.25) is 5.91 Å². The Labute approximate surface area is 123 Å². The van der Waals surface area contributed by atoms with E-state index >= 15 is 0 Å². The predicted octanol–water partition coefficient (Wildman–Crippen LogP) is 3.20. The topological polar surface area (TPSA) is 41.1 Å². The summed E-state index contributed by atoms with van der Waals surface area (Å²) in [6.07, 6.45) is 1.02. The highest BCUT2D eigenvalue weighted by Crippen LogP contribution is 2.17. The molecule has 0 bridgehead atoms. The summed E-state index contributed by atoms with van der Waals surface area (Å²) >= 11 is 0. The van der Waals surface area contributed by atoms with Gasteiger partial charge in [-0.05, 0) is 44.2 Å². The van der Waals surface area contributed by atoms with E-state index in [0.29, 0.717) is 5.92 Å². The van der Waals surface area contributed by atoms with Gasteiger partial charge < -0.3 is 5.32 Å². The summed E-state index contributed by atoms with van der Waals surface area (Å²) in [6, 6.07) is 8.26. The zero-order valence-electron chi connectivity index (χ0n) is 13.4. The van der Waals surface area contributed by atoms with E-state index in [2.05, 4.69) is 50.5 Å². The molecule has 112 valence electrons. The number of carbonyl (C=O) groups excluding carboxylic acids is 1. The average molecular weight is 276 g/mol. The summed E-state index contributed by atoms with van der Waals surface area (Å²) < 4.78 is 0. The largest absolute Gasteiger partial charge is 0.355 e. The molecule has 20 heavy (non-hydrogen) atoms. The number of hydrogen-bond acceptors (Lipinski definition) is 2. The van der Waals surface area contributed by atoms with Crippen LogP contribution in [0.3, 0.4) is 0 Å². The lowest BCUT2D eigenvalue weighted by molar-refractivity contribution is -0.122. The first-order valence-corrected chi connectivity index (χ1v) is 7.51. The number of rotatable bonds is 7. The molecule has 0 spiro atoms. The molecule has 0 radical (unpaired) electrons. The van der Waals surface area contributed by atoms with Crippen molar-refractivity contribution in [3.05, 3.63) is 35.4 Å². The Balaban J connectivity index is 2.47. The molecule has 0 aliphatic carbocycles. The van der Waals surface area contributed by atoms with E-state index in [1.165, 1.54) is 11.1 Å². The van der Waals surface area contributed by atoms with Crippen molar-refractivity contribution in [2.75, 3.05) is 6.54 Å². The van der Waals surface area contributed by atoms with Gasteiger partial charge in [-0.3, -0.25) is 10.1 Å². The SMILES string of the molecule is Cc1ccccc1[C@H](C)NC(C)C(=O)NCCC(C)C. The number of nitrogens with one attached hydrogen (secondary N) is 2. The molecule has 3 nitrogen and oxygen atoms in total. The fraction of sp³-hybridized carbons (Fsp3) is 0.588. The fourth-order valence-corrected chi connectivity index (χ4v) is 2.25. The number of amides is 1. The van der Waals surface area contributed by atoms with Crippen LogP contribution in [0.15, 0.2) is 24.3 Å². The normalized spacial score (nSPS) is 14.1. The van der Waals surface area contributed by atoms with Gasteiger partial charge in [-0.25, -0.2) is 0 Å². The van der Waals surface area contributed by atoms with Gasteiger partial charge in [0.15, 0.2) is 0 Å². The lowest BCUT2D eigenvalue weighted by Crippen LogP contribution is -2.43. The number of hydrogen-bond donors (Lipinski definition) is 2. The molecule has 0 aromatic heterocycles. The number of aryl methyl sites for hydroxylation is 1. The lowest BCUT2D eigenvalue weighted by Gasteiger charge is -2.21. The Morgan fingerprint density at radius 3 is 2.40 bits per heavy atom. The van der Waals surface area contributed by atoms with Crippen LogP contribution in [0.1, 0.15) is 51.3 Å². The molecule has 0 heterocycles. The molecule has 1 rings (SSSR count). The average Bonchev–Trinajstić information content (AvgIpc) is 2.38. The van der Waals surface area contributed by atoms with E-state index in [-0.39, 0.29) is 18.0 Å². The van der Waals surface area contributed by atoms with Crippen LogP contribution in [0, 0.1) is 12.8 Å². The first-order chi connectivity index (χ1) is 9.41. The molecular formula is C17H28N2O. The monoisotopic (exact) mass is 276 g/mol. The van der Waals surface area contributed by atoms with Gasteiger partial charge in [0, 0.05) is 12.6 Å². The zero-order chi connectivity index (χ0) is 15.1. The Bertz CT molecular complexity index is 429. The maximum atomic E-state index is 12.0. The van der Waals surface area contributed by atoms with Crippen molar-refractivity contribution in [3.8, 4) is 0 Å². The van der Waals surface area contributed by atoms with Crippen molar-refractivity contribution in [3.63, 3.8) is 0 Å². The molecular weight excluding hydrogens is 248 g/mol. The molecule has 2 N–H and O–H groups in total. The van der Waals surface area contributed by atoms with Crippen LogP contribution in [-0.4, -0.2) is 18.5 Å². The standard InChI is InChI=1S/C17H28N2O/c1-12(2)10-11-18-17(20)15(5)19-14(4)16-9-7-6-8-13(16)3/h6-9,12,14-15,19H,10-11H2,1-5H3,(H,18,20)/t14-,15?/m0/s1. The second-order valence-electron chi connectivity index (χ2n) is 5.94. The van der Waals surface area contributed by atoms with Crippen LogP contribution in [0.5, 0.6) is 0 Å². The van der Waals surface area contributed by atoms with Crippen LogP contribution < -0.4 is 10.6 Å². The summed E-state index contributed by atoms with van der Waals surface area (Å²) in [5, 5.41) is 6.35. The molecule has 0 fully saturated rings. The minimum Gasteiger partial charge on any atom is -0.355 e. The van der Waals surface area contributed by atoms with Crippen molar-refractivity contribution in [1.29, 1.82) is 0 Å². The predicted molar refractivity (Wildman–Crippen MR) is 84.7 cm³/mol. The van der Waals surface area contributed by atoms with E-state index in [9.17, 15) is 4.79 Å². The van der Waals surface area contributed by atoms with Crippen LogP contribution in [0.25, 0.3) is 0 Å². The fourth-order valence-electron chi connectivity index (χ4n) is 2.25. The second kappa shape index (κ2) is 8.05. The smallest absolute Gasteiger partial charge is 0.236 e. The molecule has 0 aliphatic rings. The van der Waals surface area contributed by atoms with Crippen LogP contribution in [0.4, 0.5) is 0 Å². The second-order valence-corrected chi connectivity index (χ2v) is 5.94. The molecule has 1 aromatic rings. The van der Waals surface area contributed by atoms with E-state index in [1.807, 2.05) is 19.1 Å². The van der Waals surface area contributed by atoms with Crippen LogP contribution >= 0.6 is 0 Å². The highest BCUT2D eigenvalue weighted by molar-refractivity contribution is 5.81. The maximum absolute atomic E-state index is 12.0. The van der Waals surface area contributed by atoms with Crippen LogP contribution in [0.2, 0.25) is 0 Å². The minimum atomic E-state index is -0.184. The van der Waals surface area contributed by atoms with Crippen molar-refractivity contribution < 1.29 is 4.79 Å². The Morgan fingerprint density at radius 1 is 1.15 bits per heavy atom. The summed E-state index contributed by atoms with van der Waals surface area (Å²) in [6.45, 7) is 11.2. The van der Waals surface area contributed by atoms with Gasteiger partial charge >= 0.3 is 0 Å². The summed E-state index contributed by atoms with van der Waals surface area (Å²) in [4.78, 5) is 12.0. The molecule has 1 amide bonds. The minimum absolute atomic E-state index is 0.0751. The Morgan fingerprint density at radius 2 is 1.80 bits per heavy atom. The zero-order valence-corrected chi connectivity index (χ0v) is 13.4. The number of benzene rings is 1. The molecule has 2 atom stereocenters. The van der Waals surface area contributed by atoms with Crippen molar-refractivity contribution in [2.24, 2.45) is 5.92 Å². The molecule has 1 aromatic carbocycles. The summed E-state index contributed by atoms with van der Waals surface area (Å²) in [5.74, 6) is 0.690. The summed E-state index contributed by atoms with van der Waals surface area (Å²) in [5.41, 5.74) is 2.49. The highest BCUT2D eigenvalue weighted by atomic mass is 16.2. The lowest BCUT2D eigenvalue weighted by atomic mass is 10.0. The quantitative estimate of drug-likeness (QED) is 0.803. The van der Waals surface area contributed by atoms with Gasteiger partial charge in [0.05, 0.1) is 6.04 Å². The molecule has 0 saturated heterocycles. The van der Waals surface area contributed by atoms with Crippen LogP contribution in [-0.2, 0) is 4.79 Å². The van der Waals surface area contributed by atoms with E-state index in [0.717, 1.165) is 13.0 Å². The van der Waals surface area contributed by atoms with Gasteiger partial charge in [0.25, 0.3) is 0 Å². The first-order valence-electron chi connectivity index (χ1n) is 7.51. The van der Waals surface area contributed by atoms with E-state index < -0.39 is 0 Å². The molecule has 0 aliphatic heterocycles. The Hall–Kier alpha value is -1.35. The molecule has 0 saturated carbocycles. The molecule has 3 heteroatoms. The van der Waals surface area contributed by atoms with Gasteiger partial charge in [-0.2, -0.15) is 0 Å².